The van der Waals surface area contributed by atoms with Crippen molar-refractivity contribution in [2.45, 2.75) is 18.4 Å². The molecular weight excluding hydrogens is 268 g/mol. The van der Waals surface area contributed by atoms with Crippen molar-refractivity contribution in [3.63, 3.8) is 0 Å². The second kappa shape index (κ2) is 5.19. The fraction of sp³-hybridized carbons (Fsp3) is 0.733. The first-order valence-corrected chi connectivity index (χ1v) is 7.72. The maximum absolute atomic E-state index is 5.83. The third-order valence-corrected chi connectivity index (χ3v) is 4.83. The summed E-state index contributed by atoms with van der Waals surface area (Å²) < 4.78 is 11.2. The summed E-state index contributed by atoms with van der Waals surface area (Å²) in [5.41, 5.74) is 2.44. The van der Waals surface area contributed by atoms with Gasteiger partial charge in [-0.1, -0.05) is 0 Å². The van der Waals surface area contributed by atoms with Gasteiger partial charge in [-0.05, 0) is 20.0 Å². The van der Waals surface area contributed by atoms with E-state index in [1.165, 1.54) is 5.69 Å². The van der Waals surface area contributed by atoms with Crippen LogP contribution < -0.4 is 4.90 Å². The monoisotopic (exact) mass is 290 g/mol. The first-order chi connectivity index (χ1) is 10.3. The lowest BCUT2D eigenvalue weighted by molar-refractivity contribution is 0.0515. The molecule has 0 unspecified atom stereocenters. The Morgan fingerprint density at radius 3 is 2.81 bits per heavy atom. The van der Waals surface area contributed by atoms with Gasteiger partial charge in [-0.3, -0.25) is 0 Å². The van der Waals surface area contributed by atoms with Crippen molar-refractivity contribution in [1.82, 2.24) is 14.9 Å². The molecule has 1 spiro atoms. The van der Waals surface area contributed by atoms with E-state index in [1.807, 2.05) is 6.20 Å². The van der Waals surface area contributed by atoms with Gasteiger partial charge in [0.2, 0.25) is 5.95 Å². The highest BCUT2D eigenvalue weighted by molar-refractivity contribution is 5.38. The van der Waals surface area contributed by atoms with Crippen LogP contribution >= 0.6 is 0 Å². The van der Waals surface area contributed by atoms with Crippen molar-refractivity contribution >= 4 is 5.95 Å². The molecule has 3 aliphatic heterocycles. The zero-order chi connectivity index (χ0) is 14.3. The Morgan fingerprint density at radius 2 is 2.05 bits per heavy atom. The summed E-state index contributed by atoms with van der Waals surface area (Å²) in [6, 6.07) is 0. The number of hydrogen-bond donors (Lipinski definition) is 0. The molecule has 2 fully saturated rings. The molecule has 114 valence electrons. The largest absolute Gasteiger partial charge is 0.378 e. The molecule has 6 nitrogen and oxygen atoms in total. The molecule has 0 saturated carbocycles. The van der Waals surface area contributed by atoms with Crippen LogP contribution in [0.5, 0.6) is 0 Å². The molecule has 0 amide bonds. The van der Waals surface area contributed by atoms with Gasteiger partial charge in [-0.25, -0.2) is 9.97 Å². The van der Waals surface area contributed by atoms with Crippen molar-refractivity contribution in [2.75, 3.05) is 57.9 Å². The molecule has 0 N–H and O–H groups in total. The zero-order valence-electron chi connectivity index (χ0n) is 12.5. The van der Waals surface area contributed by atoms with E-state index < -0.39 is 0 Å². The van der Waals surface area contributed by atoms with E-state index in [-0.39, 0.29) is 5.41 Å². The SMILES string of the molecule is CN1CC[C@]2(COCc3cnc(N4CCOCC4)nc32)C1. The number of morpholine rings is 1. The second-order valence-electron chi connectivity index (χ2n) is 6.40. The predicted octanol–water partition coefficient (Wildman–Crippen LogP) is 0.417. The molecule has 4 rings (SSSR count). The second-order valence-corrected chi connectivity index (χ2v) is 6.40. The van der Waals surface area contributed by atoms with Crippen LogP contribution in [0, 0.1) is 0 Å². The molecule has 2 saturated heterocycles. The van der Waals surface area contributed by atoms with Crippen LogP contribution in [0.4, 0.5) is 5.95 Å². The lowest BCUT2D eigenvalue weighted by atomic mass is 9.81. The van der Waals surface area contributed by atoms with Gasteiger partial charge in [-0.15, -0.1) is 0 Å². The minimum Gasteiger partial charge on any atom is -0.378 e. The molecule has 21 heavy (non-hydrogen) atoms. The van der Waals surface area contributed by atoms with E-state index in [2.05, 4.69) is 21.8 Å². The highest BCUT2D eigenvalue weighted by atomic mass is 16.5. The van der Waals surface area contributed by atoms with Gasteiger partial charge >= 0.3 is 0 Å². The number of ether oxygens (including phenoxy) is 2. The van der Waals surface area contributed by atoms with Gasteiger partial charge in [0.05, 0.1) is 37.5 Å². The first-order valence-electron chi connectivity index (χ1n) is 7.72. The summed E-state index contributed by atoms with van der Waals surface area (Å²) in [6.45, 7) is 6.84. The third-order valence-electron chi connectivity index (χ3n) is 4.83. The standard InChI is InChI=1S/C15H22N4O2/c1-18-3-2-15(10-18)11-21-9-12-8-16-14(17-13(12)15)19-4-6-20-7-5-19/h8H,2-7,9-11H2,1H3/t15-/m1/s1. The summed E-state index contributed by atoms with van der Waals surface area (Å²) in [5.74, 6) is 0.855. The van der Waals surface area contributed by atoms with Gasteiger partial charge in [0.1, 0.15) is 0 Å². The third kappa shape index (κ3) is 2.31. The molecule has 1 aromatic rings. The summed E-state index contributed by atoms with van der Waals surface area (Å²) in [7, 11) is 2.17. The Labute approximate surface area is 125 Å². The maximum Gasteiger partial charge on any atom is 0.225 e. The maximum atomic E-state index is 5.83. The average Bonchev–Trinajstić information content (AvgIpc) is 2.90. The quantitative estimate of drug-likeness (QED) is 0.747. The Kier molecular flexibility index (Phi) is 3.32. The van der Waals surface area contributed by atoms with Crippen LogP contribution in [0.15, 0.2) is 6.20 Å². The number of likely N-dealkylation sites (tertiary alicyclic amines) is 1. The lowest BCUT2D eigenvalue weighted by Crippen LogP contribution is -2.42. The van der Waals surface area contributed by atoms with Crippen LogP contribution in [0.3, 0.4) is 0 Å². The van der Waals surface area contributed by atoms with Gasteiger partial charge in [0.15, 0.2) is 0 Å². The number of rotatable bonds is 1. The van der Waals surface area contributed by atoms with E-state index in [9.17, 15) is 0 Å². The number of anilines is 1. The number of nitrogens with zero attached hydrogens (tertiary/aromatic N) is 4. The Morgan fingerprint density at radius 1 is 1.19 bits per heavy atom. The van der Waals surface area contributed by atoms with E-state index in [0.717, 1.165) is 63.9 Å². The lowest BCUT2D eigenvalue weighted by Gasteiger charge is -2.35. The molecular formula is C15H22N4O2. The van der Waals surface area contributed by atoms with Crippen LogP contribution in [0.1, 0.15) is 17.7 Å². The van der Waals surface area contributed by atoms with Crippen LogP contribution in [-0.4, -0.2) is 67.9 Å². The molecule has 0 aromatic carbocycles. The Bertz CT molecular complexity index is 532. The normalized spacial score (nSPS) is 29.9. The van der Waals surface area contributed by atoms with Gasteiger partial charge in [0, 0.05) is 31.4 Å². The summed E-state index contributed by atoms with van der Waals surface area (Å²) in [4.78, 5) is 14.1. The molecule has 1 aromatic heterocycles. The first kappa shape index (κ1) is 13.4. The summed E-state index contributed by atoms with van der Waals surface area (Å²) >= 11 is 0. The fourth-order valence-electron chi connectivity index (χ4n) is 3.69. The zero-order valence-corrected chi connectivity index (χ0v) is 12.5. The molecule has 0 radical (unpaired) electrons. The molecule has 1 atom stereocenters. The Hall–Kier alpha value is -1.24. The highest BCUT2D eigenvalue weighted by Gasteiger charge is 2.44. The van der Waals surface area contributed by atoms with Crippen LogP contribution in [0.2, 0.25) is 0 Å². The number of likely N-dealkylation sites (N-methyl/N-ethyl adjacent to an activating group) is 1. The van der Waals surface area contributed by atoms with Gasteiger partial charge in [-0.2, -0.15) is 0 Å². The molecule has 3 aliphatic rings. The van der Waals surface area contributed by atoms with Crippen molar-refractivity contribution in [3.8, 4) is 0 Å². The molecule has 6 heteroatoms. The van der Waals surface area contributed by atoms with Crippen molar-refractivity contribution in [1.29, 1.82) is 0 Å². The fourth-order valence-corrected chi connectivity index (χ4v) is 3.69. The minimum absolute atomic E-state index is 0.0618. The van der Waals surface area contributed by atoms with Crippen molar-refractivity contribution < 1.29 is 9.47 Å². The minimum atomic E-state index is 0.0618. The molecule has 4 heterocycles. The molecule has 0 bridgehead atoms. The van der Waals surface area contributed by atoms with E-state index in [1.54, 1.807) is 0 Å². The van der Waals surface area contributed by atoms with Crippen LogP contribution in [0.25, 0.3) is 0 Å². The smallest absolute Gasteiger partial charge is 0.225 e. The number of aromatic nitrogens is 2. The number of hydrogen-bond acceptors (Lipinski definition) is 6. The van der Waals surface area contributed by atoms with E-state index >= 15 is 0 Å². The van der Waals surface area contributed by atoms with E-state index in [0.29, 0.717) is 6.61 Å². The topological polar surface area (TPSA) is 50.7 Å². The van der Waals surface area contributed by atoms with Crippen molar-refractivity contribution in [2.24, 2.45) is 0 Å². The van der Waals surface area contributed by atoms with E-state index in [4.69, 9.17) is 14.5 Å². The summed E-state index contributed by atoms with van der Waals surface area (Å²) in [5, 5.41) is 0. The number of fused-ring (bicyclic) bond motifs is 2. The van der Waals surface area contributed by atoms with Crippen molar-refractivity contribution in [3.05, 3.63) is 17.5 Å². The highest BCUT2D eigenvalue weighted by Crippen LogP contribution is 2.38. The van der Waals surface area contributed by atoms with Crippen LogP contribution in [-0.2, 0) is 21.5 Å². The molecule has 0 aliphatic carbocycles. The predicted molar refractivity (Wildman–Crippen MR) is 78.5 cm³/mol. The Balaban J connectivity index is 1.70. The average molecular weight is 290 g/mol. The van der Waals surface area contributed by atoms with Gasteiger partial charge in [0.25, 0.3) is 0 Å². The summed E-state index contributed by atoms with van der Waals surface area (Å²) in [6.07, 6.45) is 3.09. The van der Waals surface area contributed by atoms with Gasteiger partial charge < -0.3 is 19.3 Å².